The average Bonchev–Trinajstić information content (AvgIpc) is 2.83. The molecule has 128 valence electrons. The molecule has 3 rings (SSSR count). The first kappa shape index (κ1) is 16.6. The van der Waals surface area contributed by atoms with Crippen LogP contribution in [0.15, 0.2) is 24.3 Å². The van der Waals surface area contributed by atoms with E-state index >= 15 is 0 Å². The van der Waals surface area contributed by atoms with Crippen LogP contribution in [0.4, 0.5) is 10.1 Å². The summed E-state index contributed by atoms with van der Waals surface area (Å²) < 4.78 is 13.1. The van der Waals surface area contributed by atoms with Crippen LogP contribution >= 0.6 is 0 Å². The number of nitrogens with zero attached hydrogens (tertiary/aromatic N) is 2. The highest BCUT2D eigenvalue weighted by Crippen LogP contribution is 2.37. The van der Waals surface area contributed by atoms with E-state index in [1.54, 1.807) is 6.92 Å². The third kappa shape index (κ3) is 2.92. The summed E-state index contributed by atoms with van der Waals surface area (Å²) in [6.45, 7) is 1.94. The molecule has 2 unspecified atom stereocenters. The number of rotatable bonds is 4. The van der Waals surface area contributed by atoms with Gasteiger partial charge in [0, 0.05) is 12.2 Å². The normalized spacial score (nSPS) is 23.3. The van der Waals surface area contributed by atoms with Crippen LogP contribution in [-0.4, -0.2) is 35.7 Å². The zero-order chi connectivity index (χ0) is 17.3. The molecular weight excluding hydrogens is 311 g/mol. The average molecular weight is 332 g/mol. The van der Waals surface area contributed by atoms with Gasteiger partial charge in [0.15, 0.2) is 0 Å². The van der Waals surface area contributed by atoms with Crippen molar-refractivity contribution in [2.45, 2.75) is 32.6 Å². The molecule has 1 aromatic rings. The van der Waals surface area contributed by atoms with Gasteiger partial charge < -0.3 is 4.90 Å². The van der Waals surface area contributed by atoms with E-state index in [9.17, 15) is 18.8 Å². The number of hydrogen-bond acceptors (Lipinski definition) is 3. The Bertz CT molecular complexity index is 635. The molecule has 0 spiro atoms. The van der Waals surface area contributed by atoms with Gasteiger partial charge in [0.2, 0.25) is 17.7 Å². The molecule has 0 aromatic heterocycles. The first-order valence-corrected chi connectivity index (χ1v) is 8.44. The second-order valence-corrected chi connectivity index (χ2v) is 6.37. The van der Waals surface area contributed by atoms with E-state index in [-0.39, 0.29) is 41.9 Å². The highest BCUT2D eigenvalue weighted by Gasteiger charge is 2.48. The van der Waals surface area contributed by atoms with E-state index < -0.39 is 0 Å². The largest absolute Gasteiger partial charge is 0.311 e. The maximum atomic E-state index is 13.1. The second-order valence-electron chi connectivity index (χ2n) is 6.37. The maximum absolute atomic E-state index is 13.1. The van der Waals surface area contributed by atoms with Crippen LogP contribution < -0.4 is 4.90 Å². The molecule has 6 heteroatoms. The van der Waals surface area contributed by atoms with Gasteiger partial charge in [-0.15, -0.1) is 0 Å². The van der Waals surface area contributed by atoms with Crippen molar-refractivity contribution in [3.8, 4) is 0 Å². The monoisotopic (exact) mass is 332 g/mol. The first-order valence-electron chi connectivity index (χ1n) is 8.44. The molecule has 1 heterocycles. The van der Waals surface area contributed by atoms with Crippen molar-refractivity contribution in [3.63, 3.8) is 0 Å². The standard InChI is InChI=1S/C18H21FN2O3/c1-2-20(13-9-7-12(19)8-10-13)16(22)11-21-17(23)14-5-3-4-6-15(14)18(21)24/h7-10,14-15H,2-6,11H2,1H3. The topological polar surface area (TPSA) is 57.7 Å². The Balaban J connectivity index is 1.74. The number of hydrogen-bond donors (Lipinski definition) is 0. The number of carbonyl (C=O) groups is 3. The fraction of sp³-hybridized carbons (Fsp3) is 0.500. The van der Waals surface area contributed by atoms with Crippen molar-refractivity contribution in [2.24, 2.45) is 11.8 Å². The molecule has 0 radical (unpaired) electrons. The number of benzene rings is 1. The van der Waals surface area contributed by atoms with Crippen molar-refractivity contribution >= 4 is 23.4 Å². The molecule has 1 aliphatic heterocycles. The lowest BCUT2D eigenvalue weighted by Gasteiger charge is -2.23. The van der Waals surface area contributed by atoms with Crippen LogP contribution in [0.25, 0.3) is 0 Å². The Morgan fingerprint density at radius 1 is 1.12 bits per heavy atom. The second kappa shape index (κ2) is 6.71. The van der Waals surface area contributed by atoms with Crippen molar-refractivity contribution < 1.29 is 18.8 Å². The lowest BCUT2D eigenvalue weighted by molar-refractivity contribution is -0.143. The molecule has 1 saturated heterocycles. The number of anilines is 1. The Morgan fingerprint density at radius 2 is 1.67 bits per heavy atom. The lowest BCUT2D eigenvalue weighted by Crippen LogP contribution is -2.43. The van der Waals surface area contributed by atoms with Crippen molar-refractivity contribution in [1.82, 2.24) is 4.90 Å². The highest BCUT2D eigenvalue weighted by molar-refractivity contribution is 6.09. The van der Waals surface area contributed by atoms with E-state index in [1.807, 2.05) is 0 Å². The van der Waals surface area contributed by atoms with E-state index in [2.05, 4.69) is 0 Å². The SMILES string of the molecule is CCN(C(=O)CN1C(=O)C2CCCCC2C1=O)c1ccc(F)cc1. The molecular formula is C18H21FN2O3. The van der Waals surface area contributed by atoms with Gasteiger partial charge in [0.05, 0.1) is 11.8 Å². The Morgan fingerprint density at radius 3 is 2.17 bits per heavy atom. The summed E-state index contributed by atoms with van der Waals surface area (Å²) in [5, 5.41) is 0. The van der Waals surface area contributed by atoms with Crippen LogP contribution in [0, 0.1) is 17.7 Å². The smallest absolute Gasteiger partial charge is 0.247 e. The van der Waals surface area contributed by atoms with Crippen LogP contribution in [0.3, 0.4) is 0 Å². The Hall–Kier alpha value is -2.24. The number of likely N-dealkylation sites (tertiary alicyclic amines) is 1. The summed E-state index contributed by atoms with van der Waals surface area (Å²) in [5.41, 5.74) is 0.556. The van der Waals surface area contributed by atoms with Crippen LogP contribution in [0.2, 0.25) is 0 Å². The van der Waals surface area contributed by atoms with Gasteiger partial charge in [-0.25, -0.2) is 4.39 Å². The molecule has 2 fully saturated rings. The lowest BCUT2D eigenvalue weighted by atomic mass is 9.81. The number of amides is 3. The summed E-state index contributed by atoms with van der Waals surface area (Å²) in [6, 6.07) is 5.60. The van der Waals surface area contributed by atoms with Crippen LogP contribution in [0.1, 0.15) is 32.6 Å². The van der Waals surface area contributed by atoms with E-state index in [0.717, 1.165) is 30.6 Å². The zero-order valence-electron chi connectivity index (χ0n) is 13.7. The molecule has 2 atom stereocenters. The van der Waals surface area contributed by atoms with Crippen molar-refractivity contribution in [2.75, 3.05) is 18.0 Å². The summed E-state index contributed by atoms with van der Waals surface area (Å²) >= 11 is 0. The molecule has 0 bridgehead atoms. The zero-order valence-corrected chi connectivity index (χ0v) is 13.7. The molecule has 24 heavy (non-hydrogen) atoms. The number of carbonyl (C=O) groups excluding carboxylic acids is 3. The fourth-order valence-corrected chi connectivity index (χ4v) is 3.73. The Labute approximate surface area is 140 Å². The van der Waals surface area contributed by atoms with E-state index in [0.29, 0.717) is 12.2 Å². The predicted molar refractivity (Wildman–Crippen MR) is 86.6 cm³/mol. The number of likely N-dealkylation sites (N-methyl/N-ethyl adjacent to an activating group) is 1. The molecule has 3 amide bonds. The van der Waals surface area contributed by atoms with Gasteiger partial charge in [-0.05, 0) is 44.0 Å². The highest BCUT2D eigenvalue weighted by atomic mass is 19.1. The third-order valence-electron chi connectivity index (χ3n) is 4.98. The molecule has 0 N–H and O–H groups in total. The summed E-state index contributed by atoms with van der Waals surface area (Å²) in [4.78, 5) is 40.1. The summed E-state index contributed by atoms with van der Waals surface area (Å²) in [5.74, 6) is -1.64. The van der Waals surface area contributed by atoms with E-state index in [1.165, 1.54) is 29.2 Å². The van der Waals surface area contributed by atoms with Gasteiger partial charge in [-0.1, -0.05) is 12.8 Å². The number of imide groups is 1. The molecule has 1 aromatic carbocycles. The molecule has 1 saturated carbocycles. The Kier molecular flexibility index (Phi) is 4.64. The first-order chi connectivity index (χ1) is 11.5. The number of fused-ring (bicyclic) bond motifs is 1. The van der Waals surface area contributed by atoms with Gasteiger partial charge >= 0.3 is 0 Å². The molecule has 5 nitrogen and oxygen atoms in total. The van der Waals surface area contributed by atoms with Crippen LogP contribution in [-0.2, 0) is 14.4 Å². The molecule has 1 aliphatic carbocycles. The van der Waals surface area contributed by atoms with Crippen molar-refractivity contribution in [1.29, 1.82) is 0 Å². The third-order valence-corrected chi connectivity index (χ3v) is 4.98. The van der Waals surface area contributed by atoms with Gasteiger partial charge in [-0.3, -0.25) is 19.3 Å². The maximum Gasteiger partial charge on any atom is 0.247 e. The quantitative estimate of drug-likeness (QED) is 0.795. The van der Waals surface area contributed by atoms with E-state index in [4.69, 9.17) is 0 Å². The minimum atomic E-state index is -0.378. The van der Waals surface area contributed by atoms with Crippen LogP contribution in [0.5, 0.6) is 0 Å². The fourth-order valence-electron chi connectivity index (χ4n) is 3.73. The van der Waals surface area contributed by atoms with Gasteiger partial charge in [0.1, 0.15) is 12.4 Å². The van der Waals surface area contributed by atoms with Gasteiger partial charge in [0.25, 0.3) is 0 Å². The predicted octanol–water partition coefficient (Wildman–Crippen LogP) is 2.35. The summed E-state index contributed by atoms with van der Waals surface area (Å²) in [7, 11) is 0. The molecule has 2 aliphatic rings. The van der Waals surface area contributed by atoms with Crippen molar-refractivity contribution in [3.05, 3.63) is 30.1 Å². The minimum absolute atomic E-state index is 0.215. The van der Waals surface area contributed by atoms with Gasteiger partial charge in [-0.2, -0.15) is 0 Å². The minimum Gasteiger partial charge on any atom is -0.311 e. The number of halogens is 1. The summed E-state index contributed by atoms with van der Waals surface area (Å²) in [6.07, 6.45) is 3.38.